The van der Waals surface area contributed by atoms with Crippen molar-refractivity contribution >= 4 is 0 Å². The fourth-order valence-corrected chi connectivity index (χ4v) is 2.13. The van der Waals surface area contributed by atoms with Gasteiger partial charge in [-0.05, 0) is 25.1 Å². The molecular formula is C16H21N3O3. The van der Waals surface area contributed by atoms with Gasteiger partial charge in [0.2, 0.25) is 0 Å². The van der Waals surface area contributed by atoms with E-state index in [1.54, 1.807) is 20.3 Å². The number of ether oxygens (including phenoxy) is 2. The molecular weight excluding hydrogens is 282 g/mol. The van der Waals surface area contributed by atoms with Gasteiger partial charge in [-0.2, -0.15) is 5.10 Å². The van der Waals surface area contributed by atoms with Crippen molar-refractivity contribution in [2.45, 2.75) is 13.5 Å². The lowest BCUT2D eigenvalue weighted by Gasteiger charge is -2.10. The van der Waals surface area contributed by atoms with Crippen molar-refractivity contribution in [1.82, 2.24) is 15.5 Å². The molecule has 0 unspecified atom stereocenters. The largest absolute Gasteiger partial charge is 0.496 e. The Hall–Kier alpha value is -2.18. The zero-order valence-electron chi connectivity index (χ0n) is 13.1. The molecule has 0 aliphatic carbocycles. The monoisotopic (exact) mass is 303 g/mol. The highest BCUT2D eigenvalue weighted by Crippen LogP contribution is 2.29. The summed E-state index contributed by atoms with van der Waals surface area (Å²) in [6, 6.07) is 7.65. The Morgan fingerprint density at radius 2 is 2.09 bits per heavy atom. The van der Waals surface area contributed by atoms with Crippen molar-refractivity contribution in [1.29, 1.82) is 0 Å². The number of aryl methyl sites for hydroxylation is 1. The lowest BCUT2D eigenvalue weighted by Crippen LogP contribution is -2.24. The van der Waals surface area contributed by atoms with Gasteiger partial charge in [0.15, 0.2) is 0 Å². The summed E-state index contributed by atoms with van der Waals surface area (Å²) in [5, 5.41) is 9.84. The van der Waals surface area contributed by atoms with Crippen LogP contribution < -0.4 is 15.6 Å². The molecule has 0 bridgehead atoms. The third-order valence-electron chi connectivity index (χ3n) is 3.31. The van der Waals surface area contributed by atoms with Gasteiger partial charge in [-0.3, -0.25) is 4.79 Å². The molecule has 1 aromatic heterocycles. The van der Waals surface area contributed by atoms with Crippen LogP contribution in [-0.2, 0) is 11.3 Å². The first-order chi connectivity index (χ1) is 10.7. The van der Waals surface area contributed by atoms with E-state index in [0.29, 0.717) is 31.0 Å². The number of H-pyrrole nitrogens is 1. The number of hydrogen-bond acceptors (Lipinski definition) is 5. The van der Waals surface area contributed by atoms with Crippen LogP contribution in [0.5, 0.6) is 5.75 Å². The lowest BCUT2D eigenvalue weighted by atomic mass is 10.1. The fourth-order valence-electron chi connectivity index (χ4n) is 2.13. The first-order valence-electron chi connectivity index (χ1n) is 7.09. The number of hydrogen-bond donors (Lipinski definition) is 2. The van der Waals surface area contributed by atoms with Gasteiger partial charge in [0, 0.05) is 31.3 Å². The fraction of sp³-hybridized carbons (Fsp3) is 0.375. The first kappa shape index (κ1) is 16.2. The molecule has 2 rings (SSSR count). The maximum atomic E-state index is 11.9. The smallest absolute Gasteiger partial charge is 0.268 e. The Morgan fingerprint density at radius 1 is 1.27 bits per heavy atom. The standard InChI is InChI=1S/C16H21N3O3/c1-11-4-5-15(22-3)13(8-11)14-9-12(16(20)19-18-14)10-17-6-7-21-2/h4-5,8-9,17H,6-7,10H2,1-3H3,(H,19,20). The van der Waals surface area contributed by atoms with Crippen molar-refractivity contribution in [2.24, 2.45) is 0 Å². The van der Waals surface area contributed by atoms with Crippen LogP contribution in [0.15, 0.2) is 29.1 Å². The van der Waals surface area contributed by atoms with Gasteiger partial charge in [-0.15, -0.1) is 0 Å². The van der Waals surface area contributed by atoms with E-state index in [-0.39, 0.29) is 5.56 Å². The normalized spacial score (nSPS) is 10.7. The van der Waals surface area contributed by atoms with Gasteiger partial charge in [0.25, 0.3) is 5.56 Å². The van der Waals surface area contributed by atoms with Crippen LogP contribution in [0.2, 0.25) is 0 Å². The summed E-state index contributed by atoms with van der Waals surface area (Å²) in [6.45, 7) is 3.74. The minimum absolute atomic E-state index is 0.194. The molecule has 1 heterocycles. The Labute approximate surface area is 129 Å². The summed E-state index contributed by atoms with van der Waals surface area (Å²) in [6.07, 6.45) is 0. The highest BCUT2D eigenvalue weighted by Gasteiger charge is 2.10. The van der Waals surface area contributed by atoms with Gasteiger partial charge >= 0.3 is 0 Å². The molecule has 0 radical (unpaired) electrons. The van der Waals surface area contributed by atoms with Crippen LogP contribution in [0.1, 0.15) is 11.1 Å². The van der Waals surface area contributed by atoms with Gasteiger partial charge in [-0.1, -0.05) is 11.6 Å². The molecule has 2 aromatic rings. The molecule has 22 heavy (non-hydrogen) atoms. The molecule has 6 heteroatoms. The average Bonchev–Trinajstić information content (AvgIpc) is 2.53. The van der Waals surface area contributed by atoms with Gasteiger partial charge in [0.1, 0.15) is 5.75 Å². The lowest BCUT2D eigenvalue weighted by molar-refractivity contribution is 0.199. The summed E-state index contributed by atoms with van der Waals surface area (Å²) < 4.78 is 10.3. The number of benzene rings is 1. The molecule has 0 aliphatic heterocycles. The molecule has 0 amide bonds. The quantitative estimate of drug-likeness (QED) is 0.758. The number of rotatable bonds is 7. The van der Waals surface area contributed by atoms with E-state index < -0.39 is 0 Å². The van der Waals surface area contributed by atoms with E-state index in [1.165, 1.54) is 0 Å². The van der Waals surface area contributed by atoms with E-state index in [2.05, 4.69) is 15.5 Å². The Morgan fingerprint density at radius 3 is 2.82 bits per heavy atom. The summed E-state index contributed by atoms with van der Waals surface area (Å²) in [4.78, 5) is 11.9. The van der Waals surface area contributed by atoms with Crippen LogP contribution in [-0.4, -0.2) is 37.6 Å². The second-order valence-corrected chi connectivity index (χ2v) is 4.98. The number of nitrogens with zero attached hydrogens (tertiary/aromatic N) is 1. The second kappa shape index (κ2) is 7.72. The third kappa shape index (κ3) is 3.93. The van der Waals surface area contributed by atoms with E-state index >= 15 is 0 Å². The highest BCUT2D eigenvalue weighted by molar-refractivity contribution is 5.68. The van der Waals surface area contributed by atoms with E-state index in [1.807, 2.05) is 25.1 Å². The zero-order valence-corrected chi connectivity index (χ0v) is 13.1. The van der Waals surface area contributed by atoms with Crippen molar-refractivity contribution in [2.75, 3.05) is 27.4 Å². The zero-order chi connectivity index (χ0) is 15.9. The molecule has 6 nitrogen and oxygen atoms in total. The molecule has 1 aromatic carbocycles. The Bertz CT molecular complexity index is 683. The number of nitrogens with one attached hydrogen (secondary N) is 2. The van der Waals surface area contributed by atoms with E-state index in [9.17, 15) is 4.79 Å². The predicted octanol–water partition coefficient (Wildman–Crippen LogP) is 1.49. The predicted molar refractivity (Wildman–Crippen MR) is 85.2 cm³/mol. The number of aromatic amines is 1. The summed E-state index contributed by atoms with van der Waals surface area (Å²) in [7, 11) is 3.26. The van der Waals surface area contributed by atoms with Crippen LogP contribution in [0, 0.1) is 6.92 Å². The molecule has 0 atom stereocenters. The minimum Gasteiger partial charge on any atom is -0.496 e. The maximum absolute atomic E-state index is 11.9. The number of methoxy groups -OCH3 is 2. The van der Waals surface area contributed by atoms with Crippen LogP contribution in [0.3, 0.4) is 0 Å². The van der Waals surface area contributed by atoms with Crippen molar-refractivity contribution < 1.29 is 9.47 Å². The Balaban J connectivity index is 2.29. The van der Waals surface area contributed by atoms with Gasteiger partial charge in [0.05, 0.1) is 19.4 Å². The van der Waals surface area contributed by atoms with Crippen LogP contribution >= 0.6 is 0 Å². The van der Waals surface area contributed by atoms with Crippen LogP contribution in [0.25, 0.3) is 11.3 Å². The van der Waals surface area contributed by atoms with Crippen molar-refractivity contribution in [3.63, 3.8) is 0 Å². The molecule has 0 spiro atoms. The first-order valence-corrected chi connectivity index (χ1v) is 7.09. The Kier molecular flexibility index (Phi) is 5.68. The van der Waals surface area contributed by atoms with E-state index in [0.717, 1.165) is 16.9 Å². The van der Waals surface area contributed by atoms with Crippen molar-refractivity contribution in [3.8, 4) is 17.0 Å². The maximum Gasteiger partial charge on any atom is 0.268 e. The number of aromatic nitrogens is 2. The molecule has 0 aliphatic rings. The topological polar surface area (TPSA) is 76.2 Å². The van der Waals surface area contributed by atoms with Crippen molar-refractivity contribution in [3.05, 3.63) is 45.7 Å². The SMILES string of the molecule is COCCNCc1cc(-c2cc(C)ccc2OC)n[nH]c1=O. The average molecular weight is 303 g/mol. The molecule has 0 saturated heterocycles. The van der Waals surface area contributed by atoms with Gasteiger partial charge < -0.3 is 14.8 Å². The molecule has 2 N–H and O–H groups in total. The van der Waals surface area contributed by atoms with Gasteiger partial charge in [-0.25, -0.2) is 5.10 Å². The summed E-state index contributed by atoms with van der Waals surface area (Å²) in [5.74, 6) is 0.725. The summed E-state index contributed by atoms with van der Waals surface area (Å²) in [5.41, 5.74) is 3.08. The third-order valence-corrected chi connectivity index (χ3v) is 3.31. The van der Waals surface area contributed by atoms with E-state index in [4.69, 9.17) is 9.47 Å². The molecule has 0 fully saturated rings. The van der Waals surface area contributed by atoms with Crippen LogP contribution in [0.4, 0.5) is 0 Å². The minimum atomic E-state index is -0.194. The molecule has 118 valence electrons. The molecule has 0 saturated carbocycles. The summed E-state index contributed by atoms with van der Waals surface area (Å²) >= 11 is 0. The second-order valence-electron chi connectivity index (χ2n) is 4.98. The highest BCUT2D eigenvalue weighted by atomic mass is 16.5.